The van der Waals surface area contributed by atoms with Gasteiger partial charge in [-0.15, -0.1) is 10.2 Å². The lowest BCUT2D eigenvalue weighted by Crippen LogP contribution is -2.21. The second-order valence-corrected chi connectivity index (χ2v) is 5.25. The first-order chi connectivity index (χ1) is 9.15. The summed E-state index contributed by atoms with van der Waals surface area (Å²) in [5, 5.41) is 16.4. The summed E-state index contributed by atoms with van der Waals surface area (Å²) in [6.07, 6.45) is 4.30. The average Bonchev–Trinajstić information content (AvgIpc) is 3.01. The third-order valence-electron chi connectivity index (χ3n) is 3.74. The molecule has 0 aliphatic carbocycles. The van der Waals surface area contributed by atoms with Crippen molar-refractivity contribution in [1.29, 1.82) is 0 Å². The summed E-state index contributed by atoms with van der Waals surface area (Å²) in [4.78, 5) is 0. The van der Waals surface area contributed by atoms with E-state index < -0.39 is 0 Å². The van der Waals surface area contributed by atoms with Crippen LogP contribution in [0.5, 0.6) is 0 Å². The van der Waals surface area contributed by atoms with Crippen LogP contribution in [0.25, 0.3) is 0 Å². The van der Waals surface area contributed by atoms with Gasteiger partial charge in [-0.25, -0.2) is 0 Å². The number of nitrogens with one attached hydrogen (secondary N) is 1. The quantitative estimate of drug-likeness (QED) is 0.895. The molecule has 102 valence electrons. The Morgan fingerprint density at radius 1 is 1.42 bits per heavy atom. The van der Waals surface area contributed by atoms with Crippen LogP contribution in [-0.4, -0.2) is 24.5 Å². The normalized spacial score (nSPS) is 15.7. The number of fused-ring (bicyclic) bond motifs is 1. The van der Waals surface area contributed by atoms with E-state index in [1.165, 1.54) is 12.0 Å². The maximum atomic E-state index is 4.35. The Morgan fingerprint density at radius 2 is 2.26 bits per heavy atom. The highest BCUT2D eigenvalue weighted by Crippen LogP contribution is 2.19. The van der Waals surface area contributed by atoms with Crippen molar-refractivity contribution >= 4 is 0 Å². The molecule has 0 fully saturated rings. The minimum atomic E-state index is 0.207. The highest BCUT2D eigenvalue weighted by molar-refractivity contribution is 5.15. The molecule has 3 rings (SSSR count). The van der Waals surface area contributed by atoms with E-state index in [4.69, 9.17) is 0 Å². The molecule has 2 aromatic rings. The van der Waals surface area contributed by atoms with E-state index in [0.29, 0.717) is 0 Å². The lowest BCUT2D eigenvalue weighted by atomic mass is 10.2. The third-order valence-corrected chi connectivity index (χ3v) is 3.74. The van der Waals surface area contributed by atoms with Gasteiger partial charge in [0.2, 0.25) is 0 Å². The van der Waals surface area contributed by atoms with Gasteiger partial charge in [0.05, 0.1) is 11.7 Å². The Labute approximate surface area is 112 Å². The molecule has 0 bridgehead atoms. The number of nitrogens with zero attached hydrogens (tertiary/aromatic N) is 5. The SMILES string of the molecule is Cc1nn(C)cc1CNC(C)c1nnc2n1CCC2. The Balaban J connectivity index is 1.68. The summed E-state index contributed by atoms with van der Waals surface area (Å²) >= 11 is 0. The van der Waals surface area contributed by atoms with Gasteiger partial charge in [-0.2, -0.15) is 5.10 Å². The van der Waals surface area contributed by atoms with Gasteiger partial charge in [-0.3, -0.25) is 4.68 Å². The monoisotopic (exact) mass is 260 g/mol. The van der Waals surface area contributed by atoms with Crippen LogP contribution in [0.4, 0.5) is 0 Å². The molecule has 0 saturated carbocycles. The summed E-state index contributed by atoms with van der Waals surface area (Å²) in [6, 6.07) is 0.207. The number of aryl methyl sites for hydroxylation is 3. The van der Waals surface area contributed by atoms with Gasteiger partial charge in [-0.1, -0.05) is 0 Å². The number of hydrogen-bond acceptors (Lipinski definition) is 4. The first kappa shape index (κ1) is 12.3. The van der Waals surface area contributed by atoms with Gasteiger partial charge in [0, 0.05) is 38.3 Å². The Bertz CT molecular complexity index is 582. The van der Waals surface area contributed by atoms with E-state index in [1.54, 1.807) is 0 Å². The fraction of sp³-hybridized carbons (Fsp3) is 0.615. The molecule has 1 aliphatic rings. The fourth-order valence-electron chi connectivity index (χ4n) is 2.67. The highest BCUT2D eigenvalue weighted by Gasteiger charge is 2.21. The van der Waals surface area contributed by atoms with E-state index in [2.05, 4.69) is 38.3 Å². The van der Waals surface area contributed by atoms with Crippen LogP contribution in [-0.2, 0) is 26.6 Å². The zero-order valence-electron chi connectivity index (χ0n) is 11.7. The number of hydrogen-bond donors (Lipinski definition) is 1. The Kier molecular flexibility index (Phi) is 3.10. The van der Waals surface area contributed by atoms with Crippen LogP contribution in [0.3, 0.4) is 0 Å². The molecule has 0 amide bonds. The third kappa shape index (κ3) is 2.28. The van der Waals surface area contributed by atoms with Crippen molar-refractivity contribution in [2.75, 3.05) is 0 Å². The van der Waals surface area contributed by atoms with Gasteiger partial charge in [0.25, 0.3) is 0 Å². The van der Waals surface area contributed by atoms with Gasteiger partial charge in [0.1, 0.15) is 11.6 Å². The lowest BCUT2D eigenvalue weighted by molar-refractivity contribution is 0.515. The number of aromatic nitrogens is 5. The standard InChI is InChI=1S/C13H20N6/c1-9-11(8-18(3)17-9)7-14-10(2)13-16-15-12-5-4-6-19(12)13/h8,10,14H,4-7H2,1-3H3. The molecule has 1 unspecified atom stereocenters. The molecule has 0 spiro atoms. The van der Waals surface area contributed by atoms with E-state index in [1.807, 2.05) is 18.7 Å². The van der Waals surface area contributed by atoms with E-state index in [9.17, 15) is 0 Å². The summed E-state index contributed by atoms with van der Waals surface area (Å²) in [5.41, 5.74) is 2.31. The predicted octanol–water partition coefficient (Wildman–Crippen LogP) is 1.12. The van der Waals surface area contributed by atoms with Crippen molar-refractivity contribution in [3.8, 4) is 0 Å². The van der Waals surface area contributed by atoms with Crippen molar-refractivity contribution in [3.05, 3.63) is 29.1 Å². The molecule has 0 radical (unpaired) electrons. The van der Waals surface area contributed by atoms with Gasteiger partial charge < -0.3 is 9.88 Å². The maximum absolute atomic E-state index is 4.35. The van der Waals surface area contributed by atoms with Crippen molar-refractivity contribution in [1.82, 2.24) is 29.9 Å². The number of rotatable bonds is 4. The molecule has 2 aromatic heterocycles. The smallest absolute Gasteiger partial charge is 0.149 e. The van der Waals surface area contributed by atoms with Crippen molar-refractivity contribution in [3.63, 3.8) is 0 Å². The van der Waals surface area contributed by atoms with Crippen LogP contribution >= 0.6 is 0 Å². The molecule has 6 nitrogen and oxygen atoms in total. The van der Waals surface area contributed by atoms with Crippen LogP contribution in [0.15, 0.2) is 6.20 Å². The zero-order valence-corrected chi connectivity index (χ0v) is 11.7. The summed E-state index contributed by atoms with van der Waals surface area (Å²) in [6.45, 7) is 6.04. The van der Waals surface area contributed by atoms with E-state index in [-0.39, 0.29) is 6.04 Å². The maximum Gasteiger partial charge on any atom is 0.149 e. The fourth-order valence-corrected chi connectivity index (χ4v) is 2.67. The topological polar surface area (TPSA) is 60.6 Å². The van der Waals surface area contributed by atoms with Crippen LogP contribution in [0, 0.1) is 6.92 Å². The second kappa shape index (κ2) is 4.77. The van der Waals surface area contributed by atoms with Crippen LogP contribution in [0.1, 0.15) is 42.3 Å². The first-order valence-corrected chi connectivity index (χ1v) is 6.79. The molecule has 6 heteroatoms. The predicted molar refractivity (Wildman–Crippen MR) is 71.5 cm³/mol. The molecule has 1 atom stereocenters. The average molecular weight is 260 g/mol. The van der Waals surface area contributed by atoms with Gasteiger partial charge in [-0.05, 0) is 20.3 Å². The molecule has 0 saturated heterocycles. The van der Waals surface area contributed by atoms with E-state index in [0.717, 1.165) is 36.9 Å². The van der Waals surface area contributed by atoms with Gasteiger partial charge >= 0.3 is 0 Å². The van der Waals surface area contributed by atoms with E-state index >= 15 is 0 Å². The summed E-state index contributed by atoms with van der Waals surface area (Å²) < 4.78 is 4.10. The molecule has 19 heavy (non-hydrogen) atoms. The molecule has 0 aromatic carbocycles. The Hall–Kier alpha value is -1.69. The molecule has 3 heterocycles. The first-order valence-electron chi connectivity index (χ1n) is 6.79. The zero-order chi connectivity index (χ0) is 13.4. The van der Waals surface area contributed by atoms with Crippen LogP contribution in [0.2, 0.25) is 0 Å². The summed E-state index contributed by atoms with van der Waals surface area (Å²) in [7, 11) is 1.95. The van der Waals surface area contributed by atoms with Crippen molar-refractivity contribution in [2.45, 2.75) is 45.8 Å². The second-order valence-electron chi connectivity index (χ2n) is 5.25. The van der Waals surface area contributed by atoms with Crippen LogP contribution < -0.4 is 5.32 Å². The van der Waals surface area contributed by atoms with Gasteiger partial charge in [0.15, 0.2) is 0 Å². The van der Waals surface area contributed by atoms with Crippen molar-refractivity contribution in [2.24, 2.45) is 7.05 Å². The largest absolute Gasteiger partial charge is 0.314 e. The molecular weight excluding hydrogens is 240 g/mol. The lowest BCUT2D eigenvalue weighted by Gasteiger charge is -2.13. The molecule has 1 aliphatic heterocycles. The minimum Gasteiger partial charge on any atom is -0.314 e. The Morgan fingerprint density at radius 3 is 3.00 bits per heavy atom. The highest BCUT2D eigenvalue weighted by atomic mass is 15.3. The van der Waals surface area contributed by atoms with Crippen molar-refractivity contribution < 1.29 is 0 Å². The summed E-state index contributed by atoms with van der Waals surface area (Å²) in [5.74, 6) is 2.18. The molecular formula is C13H20N6. The molecule has 1 N–H and O–H groups in total. The minimum absolute atomic E-state index is 0.207.